The molecule has 1 atom stereocenters. The van der Waals surface area contributed by atoms with E-state index in [2.05, 4.69) is 33.2 Å². The summed E-state index contributed by atoms with van der Waals surface area (Å²) in [5.74, 6) is 2.68. The lowest BCUT2D eigenvalue weighted by molar-refractivity contribution is 0.461. The standard InChI is InChI=1S/C13H16BrNS/c1-2-3-4-8-15-11-6-5-7-12-10(11)9-13(14)16-12/h1,9,11,15H,3-8H2. The van der Waals surface area contributed by atoms with Gasteiger partial charge in [0.2, 0.25) is 0 Å². The third-order valence-corrected chi connectivity index (χ3v) is 4.69. The zero-order chi connectivity index (χ0) is 11.4. The third-order valence-electron chi connectivity index (χ3n) is 2.97. The molecule has 1 aromatic heterocycles. The van der Waals surface area contributed by atoms with Crippen LogP contribution in [0.2, 0.25) is 0 Å². The molecule has 1 aliphatic rings. The Hall–Kier alpha value is -0.300. The molecule has 16 heavy (non-hydrogen) atoms. The van der Waals surface area contributed by atoms with Crippen LogP contribution in [0.15, 0.2) is 9.85 Å². The van der Waals surface area contributed by atoms with Crippen molar-refractivity contribution in [3.63, 3.8) is 0 Å². The number of halogens is 1. The van der Waals surface area contributed by atoms with Gasteiger partial charge in [0.1, 0.15) is 0 Å². The Bertz CT molecular complexity index is 391. The molecular formula is C13H16BrNS. The summed E-state index contributed by atoms with van der Waals surface area (Å²) in [6, 6.07) is 2.82. The van der Waals surface area contributed by atoms with Crippen molar-refractivity contribution in [3.8, 4) is 12.3 Å². The largest absolute Gasteiger partial charge is 0.310 e. The van der Waals surface area contributed by atoms with Gasteiger partial charge in [0.25, 0.3) is 0 Å². The van der Waals surface area contributed by atoms with Gasteiger partial charge in [-0.25, -0.2) is 0 Å². The van der Waals surface area contributed by atoms with Crippen LogP contribution in [0.5, 0.6) is 0 Å². The van der Waals surface area contributed by atoms with E-state index in [-0.39, 0.29) is 0 Å². The fourth-order valence-electron chi connectivity index (χ4n) is 2.20. The van der Waals surface area contributed by atoms with Crippen molar-refractivity contribution >= 4 is 27.3 Å². The summed E-state index contributed by atoms with van der Waals surface area (Å²) in [6.07, 6.45) is 11.0. The van der Waals surface area contributed by atoms with Crippen molar-refractivity contribution in [2.75, 3.05) is 6.54 Å². The van der Waals surface area contributed by atoms with Gasteiger partial charge in [0, 0.05) is 17.3 Å². The number of thiophene rings is 1. The topological polar surface area (TPSA) is 12.0 Å². The molecule has 1 aromatic rings. The van der Waals surface area contributed by atoms with E-state index in [0.29, 0.717) is 6.04 Å². The maximum atomic E-state index is 5.25. The predicted octanol–water partition coefficient (Wildman–Crippen LogP) is 3.89. The Labute approximate surface area is 110 Å². The molecule has 1 nitrogen and oxygen atoms in total. The number of aryl methyl sites for hydroxylation is 1. The van der Waals surface area contributed by atoms with Gasteiger partial charge in [-0.1, -0.05) is 0 Å². The molecule has 86 valence electrons. The normalized spacial score (nSPS) is 19.1. The maximum Gasteiger partial charge on any atom is 0.0704 e. The molecule has 0 radical (unpaired) electrons. The summed E-state index contributed by atoms with van der Waals surface area (Å²) in [5, 5.41) is 3.62. The van der Waals surface area contributed by atoms with Gasteiger partial charge in [0.05, 0.1) is 3.79 Å². The first-order valence-corrected chi connectivity index (χ1v) is 7.37. The lowest BCUT2D eigenvalue weighted by atomic mass is 9.94. The van der Waals surface area contributed by atoms with Gasteiger partial charge < -0.3 is 5.32 Å². The summed E-state index contributed by atoms with van der Waals surface area (Å²) in [5.41, 5.74) is 1.50. The van der Waals surface area contributed by atoms with Crippen molar-refractivity contribution in [3.05, 3.63) is 20.3 Å². The molecule has 0 spiro atoms. The SMILES string of the molecule is C#CCCCNC1CCCc2sc(Br)cc21. The number of hydrogen-bond donors (Lipinski definition) is 1. The fourth-order valence-corrected chi connectivity index (χ4v) is 4.02. The molecule has 1 aliphatic carbocycles. The molecule has 0 aromatic carbocycles. The van der Waals surface area contributed by atoms with Crippen LogP contribution in [0.25, 0.3) is 0 Å². The van der Waals surface area contributed by atoms with Crippen LogP contribution < -0.4 is 5.32 Å². The Balaban J connectivity index is 1.94. The van der Waals surface area contributed by atoms with Crippen LogP contribution in [-0.2, 0) is 6.42 Å². The first-order valence-electron chi connectivity index (χ1n) is 5.76. The van der Waals surface area contributed by atoms with Gasteiger partial charge in [-0.05, 0) is 59.8 Å². The number of terminal acetylenes is 1. The Morgan fingerprint density at radius 3 is 3.31 bits per heavy atom. The molecule has 0 saturated carbocycles. The van der Waals surface area contributed by atoms with Crippen molar-refractivity contribution in [2.24, 2.45) is 0 Å². The van der Waals surface area contributed by atoms with Crippen LogP contribution in [0.3, 0.4) is 0 Å². The molecule has 0 bridgehead atoms. The zero-order valence-electron chi connectivity index (χ0n) is 9.26. The highest BCUT2D eigenvalue weighted by Gasteiger charge is 2.21. The van der Waals surface area contributed by atoms with Crippen LogP contribution in [-0.4, -0.2) is 6.54 Å². The predicted molar refractivity (Wildman–Crippen MR) is 73.8 cm³/mol. The van der Waals surface area contributed by atoms with E-state index in [1.165, 1.54) is 28.6 Å². The summed E-state index contributed by atoms with van der Waals surface area (Å²) in [6.45, 7) is 1.03. The van der Waals surface area contributed by atoms with Gasteiger partial charge in [-0.15, -0.1) is 23.7 Å². The van der Waals surface area contributed by atoms with Gasteiger partial charge in [-0.2, -0.15) is 0 Å². The second kappa shape index (κ2) is 5.86. The van der Waals surface area contributed by atoms with Crippen LogP contribution >= 0.6 is 27.3 Å². The third kappa shape index (κ3) is 2.88. The summed E-state index contributed by atoms with van der Waals surface area (Å²) in [7, 11) is 0. The average Bonchev–Trinajstić information content (AvgIpc) is 2.65. The van der Waals surface area contributed by atoms with Gasteiger partial charge in [0.15, 0.2) is 0 Å². The molecule has 2 rings (SSSR count). The van der Waals surface area contributed by atoms with Crippen LogP contribution in [0.1, 0.15) is 42.2 Å². The minimum Gasteiger partial charge on any atom is -0.310 e. The fraction of sp³-hybridized carbons (Fsp3) is 0.538. The smallest absolute Gasteiger partial charge is 0.0704 e. The molecule has 1 heterocycles. The second-order valence-electron chi connectivity index (χ2n) is 4.14. The van der Waals surface area contributed by atoms with E-state index < -0.39 is 0 Å². The maximum absolute atomic E-state index is 5.25. The average molecular weight is 298 g/mol. The molecule has 3 heteroatoms. The number of fused-ring (bicyclic) bond motifs is 1. The van der Waals surface area contributed by atoms with E-state index in [1.807, 2.05) is 11.3 Å². The van der Waals surface area contributed by atoms with Gasteiger partial charge in [-0.3, -0.25) is 0 Å². The minimum absolute atomic E-state index is 0.545. The van der Waals surface area contributed by atoms with Crippen molar-refractivity contribution in [1.29, 1.82) is 0 Å². The number of unbranched alkanes of at least 4 members (excludes halogenated alkanes) is 1. The summed E-state index contributed by atoms with van der Waals surface area (Å²) >= 11 is 5.46. The number of nitrogens with one attached hydrogen (secondary N) is 1. The molecule has 1 unspecified atom stereocenters. The molecule has 1 N–H and O–H groups in total. The molecule has 0 aliphatic heterocycles. The lowest BCUT2D eigenvalue weighted by Gasteiger charge is -2.23. The summed E-state index contributed by atoms with van der Waals surface area (Å²) in [4.78, 5) is 1.55. The molecular weight excluding hydrogens is 282 g/mol. The van der Waals surface area contributed by atoms with E-state index in [9.17, 15) is 0 Å². The van der Waals surface area contributed by atoms with Crippen molar-refractivity contribution < 1.29 is 0 Å². The van der Waals surface area contributed by atoms with Crippen molar-refractivity contribution in [2.45, 2.75) is 38.1 Å². The highest BCUT2D eigenvalue weighted by molar-refractivity contribution is 9.11. The van der Waals surface area contributed by atoms with Crippen LogP contribution in [0.4, 0.5) is 0 Å². The zero-order valence-corrected chi connectivity index (χ0v) is 11.7. The van der Waals surface area contributed by atoms with Crippen molar-refractivity contribution in [1.82, 2.24) is 5.32 Å². The van der Waals surface area contributed by atoms with Gasteiger partial charge >= 0.3 is 0 Å². The number of hydrogen-bond acceptors (Lipinski definition) is 2. The molecule has 0 amide bonds. The van der Waals surface area contributed by atoms with E-state index in [4.69, 9.17) is 6.42 Å². The Morgan fingerprint density at radius 2 is 2.50 bits per heavy atom. The Kier molecular flexibility index (Phi) is 4.45. The molecule has 0 fully saturated rings. The van der Waals surface area contributed by atoms with E-state index in [1.54, 1.807) is 4.88 Å². The quantitative estimate of drug-likeness (QED) is 0.657. The van der Waals surface area contributed by atoms with E-state index in [0.717, 1.165) is 19.4 Å². The summed E-state index contributed by atoms with van der Waals surface area (Å²) < 4.78 is 1.26. The van der Waals surface area contributed by atoms with Crippen LogP contribution in [0, 0.1) is 12.3 Å². The minimum atomic E-state index is 0.545. The highest BCUT2D eigenvalue weighted by atomic mass is 79.9. The monoisotopic (exact) mass is 297 g/mol. The first-order chi connectivity index (χ1) is 7.81. The highest BCUT2D eigenvalue weighted by Crippen LogP contribution is 2.37. The molecule has 0 saturated heterocycles. The number of rotatable bonds is 4. The van der Waals surface area contributed by atoms with E-state index >= 15 is 0 Å². The second-order valence-corrected chi connectivity index (χ2v) is 6.65. The first kappa shape index (κ1) is 12.2. The Morgan fingerprint density at radius 1 is 1.62 bits per heavy atom. The lowest BCUT2D eigenvalue weighted by Crippen LogP contribution is -2.25.